The lowest BCUT2D eigenvalue weighted by molar-refractivity contribution is -0.137. The Morgan fingerprint density at radius 1 is 1.32 bits per heavy atom. The lowest BCUT2D eigenvalue weighted by atomic mass is 10.1. The van der Waals surface area contributed by atoms with Crippen LogP contribution in [0.1, 0.15) is 5.56 Å². The van der Waals surface area contributed by atoms with Gasteiger partial charge in [0, 0.05) is 11.6 Å². The zero-order valence-corrected chi connectivity index (χ0v) is 10.4. The second-order valence-electron chi connectivity index (χ2n) is 4.01. The topological polar surface area (TPSA) is 48.0 Å². The third kappa shape index (κ3) is 2.76. The molecule has 0 atom stereocenters. The molecule has 1 aromatic heterocycles. The van der Waals surface area contributed by atoms with E-state index in [0.717, 1.165) is 18.2 Å². The third-order valence-corrected chi connectivity index (χ3v) is 2.76. The molecule has 1 heterocycles. The number of nitrogens with zero attached hydrogens (tertiary/aromatic N) is 1. The maximum Gasteiger partial charge on any atom is 0.416 e. The number of nitrogens with two attached hydrogens (primary N) is 1. The molecule has 0 unspecified atom stereocenters. The van der Waals surface area contributed by atoms with E-state index >= 15 is 0 Å². The number of halogens is 3. The standard InChI is InChI=1S/C12H9F3N2OS/c13-12(14,15)8-1-2-9-7(5-8)3-4-17(11(9)18)6-10(16)19/h1-5H,6H2,(H2,16,19). The van der Waals surface area contributed by atoms with E-state index in [1.807, 2.05) is 0 Å². The maximum atomic E-state index is 12.6. The zero-order valence-electron chi connectivity index (χ0n) is 9.57. The Morgan fingerprint density at radius 3 is 2.58 bits per heavy atom. The van der Waals surface area contributed by atoms with Gasteiger partial charge in [-0.15, -0.1) is 0 Å². The molecule has 19 heavy (non-hydrogen) atoms. The molecule has 0 aliphatic carbocycles. The van der Waals surface area contributed by atoms with E-state index in [-0.39, 0.29) is 22.3 Å². The minimum absolute atomic E-state index is 0.0606. The lowest BCUT2D eigenvalue weighted by Crippen LogP contribution is -2.26. The Bertz CT molecular complexity index is 706. The molecular weight excluding hydrogens is 277 g/mol. The largest absolute Gasteiger partial charge is 0.416 e. The van der Waals surface area contributed by atoms with Gasteiger partial charge in [-0.3, -0.25) is 4.79 Å². The predicted molar refractivity (Wildman–Crippen MR) is 70.0 cm³/mol. The summed E-state index contributed by atoms with van der Waals surface area (Å²) < 4.78 is 38.9. The molecule has 0 bridgehead atoms. The second kappa shape index (κ2) is 4.65. The first-order valence-electron chi connectivity index (χ1n) is 5.28. The maximum absolute atomic E-state index is 12.6. The SMILES string of the molecule is NC(=S)Cn1ccc2cc(C(F)(F)F)ccc2c1=O. The summed E-state index contributed by atoms with van der Waals surface area (Å²) in [4.78, 5) is 12.1. The van der Waals surface area contributed by atoms with Crippen molar-refractivity contribution in [3.8, 4) is 0 Å². The summed E-state index contributed by atoms with van der Waals surface area (Å²) in [5.74, 6) is 0. The second-order valence-corrected chi connectivity index (χ2v) is 4.54. The van der Waals surface area contributed by atoms with Gasteiger partial charge >= 0.3 is 6.18 Å². The van der Waals surface area contributed by atoms with Gasteiger partial charge in [0.1, 0.15) is 0 Å². The Balaban J connectivity index is 2.60. The van der Waals surface area contributed by atoms with E-state index < -0.39 is 17.3 Å². The highest BCUT2D eigenvalue weighted by Gasteiger charge is 2.30. The first kappa shape index (κ1) is 13.5. The Hall–Kier alpha value is -1.89. The van der Waals surface area contributed by atoms with Crippen LogP contribution in [-0.4, -0.2) is 9.56 Å². The summed E-state index contributed by atoms with van der Waals surface area (Å²) in [6.07, 6.45) is -3.05. The van der Waals surface area contributed by atoms with Crippen molar-refractivity contribution in [3.05, 3.63) is 46.4 Å². The van der Waals surface area contributed by atoms with Crippen LogP contribution in [0, 0.1) is 0 Å². The number of thiocarbonyl (C=S) groups is 1. The van der Waals surface area contributed by atoms with Crippen molar-refractivity contribution < 1.29 is 13.2 Å². The summed E-state index contributed by atoms with van der Waals surface area (Å²) in [5, 5.41) is 0.436. The average Bonchev–Trinajstić information content (AvgIpc) is 2.31. The number of hydrogen-bond donors (Lipinski definition) is 1. The predicted octanol–water partition coefficient (Wildman–Crippen LogP) is 2.31. The minimum Gasteiger partial charge on any atom is -0.392 e. The zero-order chi connectivity index (χ0) is 14.2. The fourth-order valence-corrected chi connectivity index (χ4v) is 1.90. The summed E-state index contributed by atoms with van der Waals surface area (Å²) >= 11 is 4.70. The van der Waals surface area contributed by atoms with Crippen molar-refractivity contribution in [2.24, 2.45) is 5.73 Å². The number of benzene rings is 1. The molecule has 2 aromatic rings. The lowest BCUT2D eigenvalue weighted by Gasteiger charge is -2.09. The van der Waals surface area contributed by atoms with E-state index in [4.69, 9.17) is 18.0 Å². The molecule has 0 amide bonds. The number of aromatic nitrogens is 1. The van der Waals surface area contributed by atoms with E-state index in [0.29, 0.717) is 0 Å². The van der Waals surface area contributed by atoms with Crippen LogP contribution < -0.4 is 11.3 Å². The first-order valence-corrected chi connectivity index (χ1v) is 5.68. The van der Waals surface area contributed by atoms with Gasteiger partial charge in [0.05, 0.1) is 17.1 Å². The third-order valence-electron chi connectivity index (χ3n) is 2.63. The van der Waals surface area contributed by atoms with Crippen LogP contribution in [0.15, 0.2) is 35.3 Å². The quantitative estimate of drug-likeness (QED) is 0.862. The van der Waals surface area contributed by atoms with Gasteiger partial charge in [0.15, 0.2) is 0 Å². The normalized spacial score (nSPS) is 11.7. The molecule has 0 radical (unpaired) electrons. The Morgan fingerprint density at radius 2 is 2.00 bits per heavy atom. The van der Waals surface area contributed by atoms with Crippen molar-refractivity contribution in [2.75, 3.05) is 0 Å². The van der Waals surface area contributed by atoms with Gasteiger partial charge in [0.2, 0.25) is 0 Å². The highest BCUT2D eigenvalue weighted by atomic mass is 32.1. The number of hydrogen-bond acceptors (Lipinski definition) is 2. The fourth-order valence-electron chi connectivity index (χ4n) is 1.76. The van der Waals surface area contributed by atoms with E-state index in [1.54, 1.807) is 0 Å². The highest BCUT2D eigenvalue weighted by molar-refractivity contribution is 7.80. The van der Waals surface area contributed by atoms with Crippen molar-refractivity contribution in [3.63, 3.8) is 0 Å². The summed E-state index contributed by atoms with van der Waals surface area (Å²) in [7, 11) is 0. The molecular formula is C12H9F3N2OS. The smallest absolute Gasteiger partial charge is 0.392 e. The van der Waals surface area contributed by atoms with Crippen LogP contribution in [0.25, 0.3) is 10.8 Å². The van der Waals surface area contributed by atoms with Gasteiger partial charge in [-0.25, -0.2) is 0 Å². The van der Waals surface area contributed by atoms with Crippen molar-refractivity contribution in [1.29, 1.82) is 0 Å². The monoisotopic (exact) mass is 286 g/mol. The van der Waals surface area contributed by atoms with E-state index in [2.05, 4.69) is 0 Å². The molecule has 2 rings (SSSR count). The van der Waals surface area contributed by atoms with Crippen molar-refractivity contribution in [2.45, 2.75) is 12.7 Å². The Kier molecular flexibility index (Phi) is 3.32. The molecule has 0 saturated heterocycles. The fraction of sp³-hybridized carbons (Fsp3) is 0.167. The molecule has 100 valence electrons. The van der Waals surface area contributed by atoms with Gasteiger partial charge in [-0.1, -0.05) is 12.2 Å². The summed E-state index contributed by atoms with van der Waals surface area (Å²) in [6, 6.07) is 4.43. The molecule has 1 aromatic carbocycles. The van der Waals surface area contributed by atoms with E-state index in [1.165, 1.54) is 16.8 Å². The number of fused-ring (bicyclic) bond motifs is 1. The number of rotatable bonds is 2. The average molecular weight is 286 g/mol. The van der Waals surface area contributed by atoms with Crippen LogP contribution in [0.3, 0.4) is 0 Å². The van der Waals surface area contributed by atoms with Crippen molar-refractivity contribution in [1.82, 2.24) is 4.57 Å². The van der Waals surface area contributed by atoms with Gasteiger partial charge in [-0.05, 0) is 29.7 Å². The molecule has 2 N–H and O–H groups in total. The van der Waals surface area contributed by atoms with Crippen molar-refractivity contribution >= 4 is 28.0 Å². The number of pyridine rings is 1. The molecule has 7 heteroatoms. The van der Waals surface area contributed by atoms with Gasteiger partial charge < -0.3 is 10.3 Å². The van der Waals surface area contributed by atoms with Crippen LogP contribution in [-0.2, 0) is 12.7 Å². The molecule has 0 spiro atoms. The highest BCUT2D eigenvalue weighted by Crippen LogP contribution is 2.30. The van der Waals surface area contributed by atoms with Crippen LogP contribution >= 0.6 is 12.2 Å². The van der Waals surface area contributed by atoms with Gasteiger partial charge in [-0.2, -0.15) is 13.2 Å². The molecule has 0 aliphatic rings. The van der Waals surface area contributed by atoms with Crippen LogP contribution in [0.5, 0.6) is 0 Å². The van der Waals surface area contributed by atoms with Crippen LogP contribution in [0.2, 0.25) is 0 Å². The number of alkyl halides is 3. The summed E-state index contributed by atoms with van der Waals surface area (Å²) in [6.45, 7) is 0.0606. The molecule has 3 nitrogen and oxygen atoms in total. The minimum atomic E-state index is -4.43. The Labute approximate surface area is 111 Å². The van der Waals surface area contributed by atoms with Crippen LogP contribution in [0.4, 0.5) is 13.2 Å². The molecule has 0 saturated carbocycles. The molecule has 0 fully saturated rings. The van der Waals surface area contributed by atoms with Gasteiger partial charge in [0.25, 0.3) is 5.56 Å². The first-order chi connectivity index (χ1) is 8.79. The summed E-state index contributed by atoms with van der Waals surface area (Å²) in [5.41, 5.74) is 4.14. The molecule has 0 aliphatic heterocycles. The van der Waals surface area contributed by atoms with E-state index in [9.17, 15) is 18.0 Å².